The molecule has 0 heterocycles. The van der Waals surface area contributed by atoms with E-state index in [1.165, 1.54) is 44.2 Å². The summed E-state index contributed by atoms with van der Waals surface area (Å²) in [6.07, 6.45) is 1.50. The van der Waals surface area contributed by atoms with E-state index >= 15 is 0 Å². The SMILES string of the molecule is C=CCNC(=O)C(C)NS(=O)(=O)c1ccc(NC(C)=O)cc1. The maximum absolute atomic E-state index is 12.2. The van der Waals surface area contributed by atoms with Crippen LogP contribution in [-0.4, -0.2) is 32.8 Å². The molecule has 8 heteroatoms. The first-order valence-electron chi connectivity index (χ1n) is 6.55. The average Bonchev–Trinajstić information content (AvgIpc) is 2.44. The number of amides is 2. The Kier molecular flexibility index (Phi) is 6.26. The summed E-state index contributed by atoms with van der Waals surface area (Å²) < 4.78 is 26.6. The van der Waals surface area contributed by atoms with Crippen molar-refractivity contribution in [3.05, 3.63) is 36.9 Å². The van der Waals surface area contributed by atoms with Gasteiger partial charge in [0, 0.05) is 19.2 Å². The number of anilines is 1. The predicted octanol–water partition coefficient (Wildman–Crippen LogP) is 0.614. The smallest absolute Gasteiger partial charge is 0.241 e. The molecule has 2 amide bonds. The maximum Gasteiger partial charge on any atom is 0.241 e. The summed E-state index contributed by atoms with van der Waals surface area (Å²) in [5.74, 6) is -0.695. The van der Waals surface area contributed by atoms with Crippen molar-refractivity contribution in [3.63, 3.8) is 0 Å². The van der Waals surface area contributed by atoms with E-state index in [0.29, 0.717) is 5.69 Å². The lowest BCUT2D eigenvalue weighted by atomic mass is 10.3. The van der Waals surface area contributed by atoms with Crippen LogP contribution in [0.5, 0.6) is 0 Å². The number of benzene rings is 1. The summed E-state index contributed by atoms with van der Waals surface area (Å²) in [4.78, 5) is 22.6. The summed E-state index contributed by atoms with van der Waals surface area (Å²) in [7, 11) is -3.82. The van der Waals surface area contributed by atoms with Gasteiger partial charge in [-0.2, -0.15) is 4.72 Å². The Morgan fingerprint density at radius 3 is 2.36 bits per heavy atom. The number of carbonyl (C=O) groups excluding carboxylic acids is 2. The molecule has 22 heavy (non-hydrogen) atoms. The van der Waals surface area contributed by atoms with E-state index in [1.807, 2.05) is 0 Å². The van der Waals surface area contributed by atoms with E-state index in [-0.39, 0.29) is 17.3 Å². The molecular weight excluding hydrogens is 306 g/mol. The van der Waals surface area contributed by atoms with Crippen LogP contribution in [0.2, 0.25) is 0 Å². The lowest BCUT2D eigenvalue weighted by Gasteiger charge is -2.14. The number of sulfonamides is 1. The highest BCUT2D eigenvalue weighted by atomic mass is 32.2. The first-order valence-corrected chi connectivity index (χ1v) is 8.03. The van der Waals surface area contributed by atoms with Crippen LogP contribution in [0, 0.1) is 0 Å². The van der Waals surface area contributed by atoms with E-state index in [9.17, 15) is 18.0 Å². The fraction of sp³-hybridized carbons (Fsp3) is 0.286. The van der Waals surface area contributed by atoms with Gasteiger partial charge in [-0.05, 0) is 31.2 Å². The van der Waals surface area contributed by atoms with Crippen molar-refractivity contribution in [2.75, 3.05) is 11.9 Å². The van der Waals surface area contributed by atoms with Crippen LogP contribution in [0.4, 0.5) is 5.69 Å². The number of hydrogen-bond acceptors (Lipinski definition) is 4. The number of rotatable bonds is 7. The van der Waals surface area contributed by atoms with Crippen LogP contribution in [0.1, 0.15) is 13.8 Å². The highest BCUT2D eigenvalue weighted by Crippen LogP contribution is 2.14. The quantitative estimate of drug-likeness (QED) is 0.639. The highest BCUT2D eigenvalue weighted by molar-refractivity contribution is 7.89. The third-order valence-corrected chi connectivity index (χ3v) is 4.19. The molecule has 1 aromatic rings. The number of nitrogens with one attached hydrogen (secondary N) is 3. The molecule has 0 bridgehead atoms. The van der Waals surface area contributed by atoms with E-state index in [4.69, 9.17) is 0 Å². The van der Waals surface area contributed by atoms with Gasteiger partial charge >= 0.3 is 0 Å². The lowest BCUT2D eigenvalue weighted by Crippen LogP contribution is -2.44. The van der Waals surface area contributed by atoms with Gasteiger partial charge in [0.1, 0.15) is 0 Å². The van der Waals surface area contributed by atoms with Gasteiger partial charge < -0.3 is 10.6 Å². The second-order valence-electron chi connectivity index (χ2n) is 4.58. The third-order valence-electron chi connectivity index (χ3n) is 2.63. The normalized spacial score (nSPS) is 12.3. The number of carbonyl (C=O) groups is 2. The van der Waals surface area contributed by atoms with E-state index in [0.717, 1.165) is 0 Å². The summed E-state index contributed by atoms with van der Waals surface area (Å²) in [5.41, 5.74) is 0.489. The monoisotopic (exact) mass is 325 g/mol. The molecule has 1 unspecified atom stereocenters. The fourth-order valence-electron chi connectivity index (χ4n) is 1.60. The molecule has 0 saturated carbocycles. The van der Waals surface area contributed by atoms with Crippen LogP contribution in [0.15, 0.2) is 41.8 Å². The molecule has 1 rings (SSSR count). The predicted molar refractivity (Wildman–Crippen MR) is 83.7 cm³/mol. The minimum Gasteiger partial charge on any atom is -0.351 e. The largest absolute Gasteiger partial charge is 0.351 e. The maximum atomic E-state index is 12.2. The highest BCUT2D eigenvalue weighted by Gasteiger charge is 2.21. The van der Waals surface area contributed by atoms with Gasteiger partial charge in [0.05, 0.1) is 10.9 Å². The zero-order valence-corrected chi connectivity index (χ0v) is 13.2. The molecule has 0 radical (unpaired) electrons. The Labute approximate surface area is 129 Å². The van der Waals surface area contributed by atoms with Crippen molar-refractivity contribution in [1.82, 2.24) is 10.0 Å². The summed E-state index contributed by atoms with van der Waals surface area (Å²) in [6, 6.07) is 4.72. The molecule has 0 aromatic heterocycles. The Morgan fingerprint density at radius 2 is 1.86 bits per heavy atom. The molecule has 120 valence electrons. The van der Waals surface area contributed by atoms with Crippen LogP contribution in [0.3, 0.4) is 0 Å². The summed E-state index contributed by atoms with van der Waals surface area (Å²) in [6.45, 7) is 6.52. The molecule has 1 aromatic carbocycles. The topological polar surface area (TPSA) is 104 Å². The van der Waals surface area contributed by atoms with Crippen molar-refractivity contribution >= 4 is 27.5 Å². The van der Waals surface area contributed by atoms with E-state index in [1.54, 1.807) is 0 Å². The summed E-state index contributed by atoms with van der Waals surface area (Å²) >= 11 is 0. The van der Waals surface area contributed by atoms with Gasteiger partial charge in [-0.25, -0.2) is 8.42 Å². The molecule has 0 saturated heterocycles. The minimum absolute atomic E-state index is 0.00460. The Balaban J connectivity index is 2.79. The fourth-order valence-corrected chi connectivity index (χ4v) is 2.80. The molecule has 1 atom stereocenters. The van der Waals surface area contributed by atoms with Gasteiger partial charge in [0.2, 0.25) is 21.8 Å². The zero-order valence-electron chi connectivity index (χ0n) is 12.4. The van der Waals surface area contributed by atoms with Crippen LogP contribution >= 0.6 is 0 Å². The first kappa shape index (κ1) is 17.9. The van der Waals surface area contributed by atoms with E-state index < -0.39 is 22.0 Å². The van der Waals surface area contributed by atoms with Gasteiger partial charge in [0.15, 0.2) is 0 Å². The minimum atomic E-state index is -3.82. The molecule has 0 fully saturated rings. The Bertz CT molecular complexity index is 653. The van der Waals surface area contributed by atoms with Gasteiger partial charge in [-0.3, -0.25) is 9.59 Å². The molecule has 0 aliphatic rings. The van der Waals surface area contributed by atoms with Crippen molar-refractivity contribution in [1.29, 1.82) is 0 Å². The van der Waals surface area contributed by atoms with E-state index in [2.05, 4.69) is 21.9 Å². The van der Waals surface area contributed by atoms with Gasteiger partial charge in [0.25, 0.3) is 0 Å². The standard InChI is InChI=1S/C14H19N3O4S/c1-4-9-15-14(19)10(2)17-22(20,21)13-7-5-12(6-8-13)16-11(3)18/h4-8,10,17H,1,9H2,2-3H3,(H,15,19)(H,16,18). The average molecular weight is 325 g/mol. The first-order chi connectivity index (χ1) is 10.3. The van der Waals surface area contributed by atoms with Crippen LogP contribution < -0.4 is 15.4 Å². The zero-order chi connectivity index (χ0) is 16.8. The molecule has 0 spiro atoms. The van der Waals surface area contributed by atoms with Gasteiger partial charge in [-0.15, -0.1) is 6.58 Å². The molecule has 0 aliphatic heterocycles. The van der Waals surface area contributed by atoms with Crippen LogP contribution in [0.25, 0.3) is 0 Å². The molecule has 3 N–H and O–H groups in total. The third kappa shape index (κ3) is 5.30. The summed E-state index contributed by atoms with van der Waals surface area (Å²) in [5, 5.41) is 5.04. The number of hydrogen-bond donors (Lipinski definition) is 3. The van der Waals surface area contributed by atoms with Crippen molar-refractivity contribution in [2.24, 2.45) is 0 Å². The second-order valence-corrected chi connectivity index (χ2v) is 6.30. The van der Waals surface area contributed by atoms with Crippen molar-refractivity contribution in [2.45, 2.75) is 24.8 Å². The van der Waals surface area contributed by atoms with Crippen molar-refractivity contribution in [3.8, 4) is 0 Å². The molecule has 0 aliphatic carbocycles. The Hall–Kier alpha value is -2.19. The van der Waals surface area contributed by atoms with Crippen molar-refractivity contribution < 1.29 is 18.0 Å². The second kappa shape index (κ2) is 7.71. The lowest BCUT2D eigenvalue weighted by molar-refractivity contribution is -0.122. The molecular formula is C14H19N3O4S. The van der Waals surface area contributed by atoms with Gasteiger partial charge in [-0.1, -0.05) is 6.08 Å². The Morgan fingerprint density at radius 1 is 1.27 bits per heavy atom. The molecule has 7 nitrogen and oxygen atoms in total. The van der Waals surface area contributed by atoms with Crippen LogP contribution in [-0.2, 0) is 19.6 Å².